The van der Waals surface area contributed by atoms with E-state index in [1.165, 1.54) is 17.5 Å². The molecule has 0 aliphatic carbocycles. The molecule has 0 saturated carbocycles. The summed E-state index contributed by atoms with van der Waals surface area (Å²) in [7, 11) is 9.29. The van der Waals surface area contributed by atoms with Crippen LogP contribution >= 0.6 is 0 Å². The van der Waals surface area contributed by atoms with Gasteiger partial charge in [-0.1, -0.05) is 66.7 Å². The van der Waals surface area contributed by atoms with Crippen molar-refractivity contribution in [2.24, 2.45) is 28.2 Å². The zero-order valence-corrected chi connectivity index (χ0v) is 34.2. The molecule has 0 radical (unpaired) electrons. The molecule has 0 spiro atoms. The van der Waals surface area contributed by atoms with Crippen molar-refractivity contribution in [1.29, 1.82) is 0 Å². The highest BCUT2D eigenvalue weighted by Crippen LogP contribution is 2.27. The third-order valence-corrected chi connectivity index (χ3v) is 11.2. The first kappa shape index (κ1) is 39.7. The van der Waals surface area contributed by atoms with Gasteiger partial charge >= 0.3 is 0 Å². The Hall–Kier alpha value is -7.15. The predicted molar refractivity (Wildman–Crippen MR) is 238 cm³/mol. The average Bonchev–Trinajstić information content (AvgIpc) is 4.05. The summed E-state index contributed by atoms with van der Waals surface area (Å²) in [5.74, 6) is 0. The van der Waals surface area contributed by atoms with Gasteiger partial charge in [-0.05, 0) is 81.9 Å². The number of benzene rings is 4. The molecule has 11 rings (SSSR count). The van der Waals surface area contributed by atoms with Crippen LogP contribution in [0.3, 0.4) is 0 Å². The molecule has 0 atom stereocenters. The first-order chi connectivity index (χ1) is 29.0. The largest absolute Gasteiger partial charge is 0.443 e. The highest BCUT2D eigenvalue weighted by Gasteiger charge is 2.22. The van der Waals surface area contributed by atoms with Gasteiger partial charge in [-0.2, -0.15) is 0 Å². The summed E-state index contributed by atoms with van der Waals surface area (Å²) in [4.78, 5) is 53.4. The second-order valence-electron chi connectivity index (χ2n) is 15.2. The Labute approximate surface area is 344 Å². The zero-order chi connectivity index (χ0) is 42.1. The van der Waals surface area contributed by atoms with E-state index in [4.69, 9.17) is 4.42 Å². The van der Waals surface area contributed by atoms with E-state index in [1.807, 2.05) is 111 Å². The third-order valence-electron chi connectivity index (χ3n) is 11.2. The maximum Gasteiger partial charge on any atom is 0.258 e. The van der Waals surface area contributed by atoms with Gasteiger partial charge in [0, 0.05) is 95.0 Å². The fraction of sp³-hybridized carbons (Fsp3) is 0.188. The van der Waals surface area contributed by atoms with Crippen molar-refractivity contribution in [2.75, 3.05) is 7.05 Å². The van der Waals surface area contributed by atoms with Crippen molar-refractivity contribution in [3.63, 3.8) is 0 Å². The van der Waals surface area contributed by atoms with Crippen LogP contribution in [0.15, 0.2) is 152 Å². The first-order valence-electron chi connectivity index (χ1n) is 19.6. The molecule has 302 valence electrons. The second kappa shape index (κ2) is 16.6. The highest BCUT2D eigenvalue weighted by atomic mass is 16.3. The van der Waals surface area contributed by atoms with E-state index in [1.54, 1.807) is 50.7 Å². The van der Waals surface area contributed by atoms with E-state index < -0.39 is 0 Å². The lowest BCUT2D eigenvalue weighted by Crippen LogP contribution is -2.21. The first-order valence-corrected chi connectivity index (χ1v) is 19.6. The fourth-order valence-electron chi connectivity index (χ4n) is 7.96. The molecule has 60 heavy (non-hydrogen) atoms. The van der Waals surface area contributed by atoms with Gasteiger partial charge in [0.25, 0.3) is 16.7 Å². The molecule has 0 unspecified atom stereocenters. The van der Waals surface area contributed by atoms with Gasteiger partial charge in [-0.25, -0.2) is 4.98 Å². The van der Waals surface area contributed by atoms with E-state index in [-0.39, 0.29) is 22.2 Å². The minimum absolute atomic E-state index is 0.0182. The lowest BCUT2D eigenvalue weighted by molar-refractivity contribution is 0.349. The van der Waals surface area contributed by atoms with Crippen molar-refractivity contribution in [1.82, 2.24) is 33.5 Å². The van der Waals surface area contributed by atoms with E-state index in [9.17, 15) is 19.2 Å². The van der Waals surface area contributed by atoms with Crippen LogP contribution in [0.1, 0.15) is 22.5 Å². The van der Waals surface area contributed by atoms with Crippen LogP contribution in [-0.4, -0.2) is 35.2 Å². The van der Waals surface area contributed by atoms with Crippen molar-refractivity contribution < 1.29 is 4.42 Å². The Balaban J connectivity index is 0.000000111. The van der Waals surface area contributed by atoms with Crippen LogP contribution in [0.25, 0.3) is 54.5 Å². The Morgan fingerprint density at radius 2 is 1.20 bits per heavy atom. The van der Waals surface area contributed by atoms with Crippen molar-refractivity contribution in [3.8, 4) is 11.1 Å². The molecule has 9 aromatic rings. The maximum atomic E-state index is 12.1. The van der Waals surface area contributed by atoms with Gasteiger partial charge in [0.2, 0.25) is 5.56 Å². The maximum absolute atomic E-state index is 12.1. The average molecular weight is 800 g/mol. The molecule has 5 aromatic heterocycles. The summed E-state index contributed by atoms with van der Waals surface area (Å²) < 4.78 is 11.8. The number of fused-ring (bicyclic) bond motifs is 8. The Kier molecular flexibility index (Phi) is 11.0. The normalized spacial score (nSPS) is 12.9. The molecule has 2 aliphatic rings. The molecule has 1 N–H and O–H groups in total. The van der Waals surface area contributed by atoms with Crippen LogP contribution < -0.4 is 27.6 Å². The molecule has 7 heterocycles. The molecule has 12 heteroatoms. The molecular formula is C48H45N7O5. The molecule has 0 amide bonds. The number of pyridine rings is 4. The Morgan fingerprint density at radius 3 is 1.88 bits per heavy atom. The van der Waals surface area contributed by atoms with Gasteiger partial charge in [0.15, 0.2) is 12.0 Å². The summed E-state index contributed by atoms with van der Waals surface area (Å²) in [6.45, 7) is 3.46. The minimum Gasteiger partial charge on any atom is -0.443 e. The monoisotopic (exact) mass is 799 g/mol. The highest BCUT2D eigenvalue weighted by molar-refractivity contribution is 5.93. The topological polar surface area (TPSA) is 129 Å². The molecule has 0 fully saturated rings. The van der Waals surface area contributed by atoms with Gasteiger partial charge in [0.1, 0.15) is 5.52 Å². The van der Waals surface area contributed by atoms with Gasteiger partial charge in [-0.3, -0.25) is 24.1 Å². The molecule has 0 saturated heterocycles. The van der Waals surface area contributed by atoms with E-state index >= 15 is 0 Å². The fourth-order valence-corrected chi connectivity index (χ4v) is 7.96. The van der Waals surface area contributed by atoms with Crippen LogP contribution in [-0.2, 0) is 54.4 Å². The van der Waals surface area contributed by atoms with Crippen LogP contribution in [0.4, 0.5) is 0 Å². The van der Waals surface area contributed by atoms with E-state index in [2.05, 4.69) is 28.3 Å². The molecule has 0 bridgehead atoms. The molecular weight excluding hydrogens is 755 g/mol. The summed E-state index contributed by atoms with van der Waals surface area (Å²) >= 11 is 0. The summed E-state index contributed by atoms with van der Waals surface area (Å²) in [5, 5.41) is 8.70. The zero-order valence-electron chi connectivity index (χ0n) is 34.2. The van der Waals surface area contributed by atoms with Crippen LogP contribution in [0.2, 0.25) is 0 Å². The summed E-state index contributed by atoms with van der Waals surface area (Å²) in [6, 6.07) is 34.6. The van der Waals surface area contributed by atoms with Crippen LogP contribution in [0.5, 0.6) is 0 Å². The van der Waals surface area contributed by atoms with Gasteiger partial charge < -0.3 is 28.0 Å². The minimum atomic E-state index is -0.0224. The quantitative estimate of drug-likeness (QED) is 0.203. The SMILES string of the molecule is CN1Cc2c(n(C)c(=O)c3ccccc23)C1.Cn1c2c(c3ccccc3c1=O)CNC2.Cn1cc(-c2ccccc2)ccc1=O.Cn1ccc2cc3ncoc3cc2c1=O. The smallest absolute Gasteiger partial charge is 0.258 e. The molecule has 4 aromatic carbocycles. The third kappa shape index (κ3) is 7.61. The van der Waals surface area contributed by atoms with Gasteiger partial charge in [-0.15, -0.1) is 0 Å². The second-order valence-corrected chi connectivity index (χ2v) is 15.2. The Bertz CT molecular complexity index is 3300. The predicted octanol–water partition coefficient (Wildman–Crippen LogP) is 6.36. The standard InChI is InChI=1S/C13H14N2O.C12H12N2O.C12H11NO.C11H8N2O2/c1-14-7-11-9-5-3-4-6-10(9)13(16)15(2)12(11)8-14;1-14-11-7-13-6-10(11)8-4-2-3-5-9(8)12(14)15;1-13-9-11(7-8-12(13)14)10-5-3-2-4-6-10;1-13-3-2-7-4-9-10(15-6-12-9)5-8(7)11(13)14/h3-6H,7-8H2,1-2H3;2-5,13H,6-7H2,1H3;2-9H,1H3;2-6H,1H3. The lowest BCUT2D eigenvalue weighted by Gasteiger charge is -2.09. The van der Waals surface area contributed by atoms with Crippen molar-refractivity contribution in [3.05, 3.63) is 192 Å². The number of nitrogens with zero attached hydrogens (tertiary/aromatic N) is 6. The number of rotatable bonds is 1. The number of hydrogen-bond donors (Lipinski definition) is 1. The number of aryl methyl sites for hydroxylation is 2. The van der Waals surface area contributed by atoms with Crippen molar-refractivity contribution >= 4 is 43.4 Å². The van der Waals surface area contributed by atoms with E-state index in [0.29, 0.717) is 11.0 Å². The number of hydrogen-bond acceptors (Lipinski definition) is 8. The van der Waals surface area contributed by atoms with Crippen molar-refractivity contribution in [2.45, 2.75) is 26.2 Å². The van der Waals surface area contributed by atoms with Crippen LogP contribution in [0, 0.1) is 0 Å². The number of aromatic nitrogens is 5. The molecule has 2 aliphatic heterocycles. The van der Waals surface area contributed by atoms with E-state index in [0.717, 1.165) is 81.1 Å². The van der Waals surface area contributed by atoms with Gasteiger partial charge in [0.05, 0.1) is 5.39 Å². The lowest BCUT2D eigenvalue weighted by atomic mass is 10.1. The Morgan fingerprint density at radius 1 is 0.567 bits per heavy atom. The molecule has 12 nitrogen and oxygen atoms in total. The number of oxazole rings is 1. The summed E-state index contributed by atoms with van der Waals surface area (Å²) in [5.41, 5.74) is 8.68. The number of nitrogens with one attached hydrogen (secondary N) is 1. The summed E-state index contributed by atoms with van der Waals surface area (Å²) in [6.07, 6.45) is 4.97.